The van der Waals surface area contributed by atoms with Crippen molar-refractivity contribution >= 4 is 27.5 Å². The molecule has 0 aromatic carbocycles. The summed E-state index contributed by atoms with van der Waals surface area (Å²) in [4.78, 5) is 19.3. The topological polar surface area (TPSA) is 48.1 Å². The lowest BCUT2D eigenvalue weighted by Crippen LogP contribution is -2.24. The Labute approximate surface area is 129 Å². The second-order valence-corrected chi connectivity index (χ2v) is 7.05. The van der Waals surface area contributed by atoms with Gasteiger partial charge in [0.2, 0.25) is 0 Å². The van der Waals surface area contributed by atoms with Gasteiger partial charge < -0.3 is 10.3 Å². The number of aromatic nitrogens is 1. The first-order valence-electron chi connectivity index (χ1n) is 7.80. The van der Waals surface area contributed by atoms with Gasteiger partial charge in [-0.2, -0.15) is 0 Å². The van der Waals surface area contributed by atoms with Gasteiger partial charge >= 0.3 is 0 Å². The zero-order valence-corrected chi connectivity index (χ0v) is 13.6. The molecule has 0 spiro atoms. The number of carbonyl (C=O) groups is 1. The highest BCUT2D eigenvalue weighted by Gasteiger charge is 2.19. The number of carbonyl (C=O) groups excluding carboxylic acids is 1. The van der Waals surface area contributed by atoms with Crippen molar-refractivity contribution in [3.8, 4) is 0 Å². The van der Waals surface area contributed by atoms with Gasteiger partial charge in [0.15, 0.2) is 0 Å². The van der Waals surface area contributed by atoms with E-state index < -0.39 is 0 Å². The minimum absolute atomic E-state index is 0.00465. The van der Waals surface area contributed by atoms with Gasteiger partial charge in [0, 0.05) is 23.5 Å². The molecule has 2 aromatic heterocycles. The fourth-order valence-electron chi connectivity index (χ4n) is 2.95. The maximum Gasteiger partial charge on any atom is 0.267 e. The minimum Gasteiger partial charge on any atom is -0.351 e. The second-order valence-electron chi connectivity index (χ2n) is 5.80. The normalized spacial score (nSPS) is 15.9. The van der Waals surface area contributed by atoms with E-state index >= 15 is 0 Å². The zero-order valence-electron chi connectivity index (χ0n) is 12.8. The van der Waals surface area contributed by atoms with Crippen LogP contribution in [0.3, 0.4) is 0 Å². The third-order valence-electron chi connectivity index (χ3n) is 4.13. The third kappa shape index (κ3) is 2.99. The molecule has 1 amide bonds. The molecule has 1 aliphatic rings. The van der Waals surface area contributed by atoms with Gasteiger partial charge in [-0.05, 0) is 45.3 Å². The number of nitrogens with one attached hydrogen (secondary N) is 2. The third-order valence-corrected chi connectivity index (χ3v) is 5.23. The summed E-state index contributed by atoms with van der Waals surface area (Å²) in [6, 6.07) is 1.99. The van der Waals surface area contributed by atoms with Crippen LogP contribution in [0.4, 0.5) is 0 Å². The van der Waals surface area contributed by atoms with E-state index in [1.165, 1.54) is 41.1 Å². The van der Waals surface area contributed by atoms with Crippen LogP contribution in [-0.4, -0.2) is 35.4 Å². The van der Waals surface area contributed by atoms with Gasteiger partial charge in [-0.1, -0.05) is 6.92 Å². The lowest BCUT2D eigenvalue weighted by Gasteiger charge is -2.14. The predicted octanol–water partition coefficient (Wildman–Crippen LogP) is 3.27. The molecule has 0 bridgehead atoms. The number of aromatic amines is 1. The standard InChI is InChI=1S/C16H23N3OS/c1-3-6-17-16(20)13-9-14-15(18-13)12(11(2)21-14)10-19-7-4-5-8-19/h9,18H,3-8,10H2,1-2H3,(H,17,20). The molecule has 0 aliphatic carbocycles. The molecule has 0 unspecified atom stereocenters. The van der Waals surface area contributed by atoms with E-state index in [1.54, 1.807) is 11.3 Å². The van der Waals surface area contributed by atoms with Crippen LogP contribution in [-0.2, 0) is 6.54 Å². The van der Waals surface area contributed by atoms with Gasteiger partial charge in [-0.25, -0.2) is 0 Å². The summed E-state index contributed by atoms with van der Waals surface area (Å²) in [5.74, 6) is 0.00465. The highest BCUT2D eigenvalue weighted by atomic mass is 32.1. The molecule has 0 radical (unpaired) electrons. The van der Waals surface area contributed by atoms with Gasteiger partial charge in [0.1, 0.15) is 5.69 Å². The Balaban J connectivity index is 1.84. The smallest absolute Gasteiger partial charge is 0.267 e. The zero-order chi connectivity index (χ0) is 14.8. The Morgan fingerprint density at radius 3 is 2.90 bits per heavy atom. The number of nitrogens with zero attached hydrogens (tertiary/aromatic N) is 1. The van der Waals surface area contributed by atoms with E-state index in [0.717, 1.165) is 25.0 Å². The summed E-state index contributed by atoms with van der Waals surface area (Å²) in [5, 5.41) is 2.93. The first kappa shape index (κ1) is 14.6. The Hall–Kier alpha value is -1.33. The first-order valence-corrected chi connectivity index (χ1v) is 8.62. The highest BCUT2D eigenvalue weighted by molar-refractivity contribution is 7.19. The summed E-state index contributed by atoms with van der Waals surface area (Å²) < 4.78 is 1.20. The molecule has 114 valence electrons. The van der Waals surface area contributed by atoms with Crippen LogP contribution in [0.1, 0.15) is 47.1 Å². The lowest BCUT2D eigenvalue weighted by molar-refractivity contribution is 0.0949. The molecule has 0 atom stereocenters. The monoisotopic (exact) mass is 305 g/mol. The summed E-state index contributed by atoms with van der Waals surface area (Å²) in [6.07, 6.45) is 3.57. The molecule has 0 saturated carbocycles. The Bertz CT molecular complexity index is 637. The number of likely N-dealkylation sites (tertiary alicyclic amines) is 1. The van der Waals surface area contributed by atoms with Crippen molar-refractivity contribution in [2.45, 2.75) is 39.7 Å². The maximum atomic E-state index is 12.1. The molecular weight excluding hydrogens is 282 g/mol. The Kier molecular flexibility index (Phi) is 4.31. The van der Waals surface area contributed by atoms with Crippen molar-refractivity contribution in [2.75, 3.05) is 19.6 Å². The van der Waals surface area contributed by atoms with Crippen molar-refractivity contribution in [3.05, 3.63) is 22.2 Å². The number of aryl methyl sites for hydroxylation is 1. The van der Waals surface area contributed by atoms with Crippen LogP contribution in [0.15, 0.2) is 6.07 Å². The average molecular weight is 305 g/mol. The molecule has 3 heterocycles. The fourth-order valence-corrected chi connectivity index (χ4v) is 4.03. The van der Waals surface area contributed by atoms with E-state index in [0.29, 0.717) is 5.69 Å². The van der Waals surface area contributed by atoms with Gasteiger partial charge in [-0.15, -0.1) is 11.3 Å². The maximum absolute atomic E-state index is 12.1. The van der Waals surface area contributed by atoms with E-state index in [9.17, 15) is 4.79 Å². The number of hydrogen-bond donors (Lipinski definition) is 2. The summed E-state index contributed by atoms with van der Waals surface area (Å²) >= 11 is 1.79. The van der Waals surface area contributed by atoms with Crippen molar-refractivity contribution in [2.24, 2.45) is 0 Å². The van der Waals surface area contributed by atoms with Crippen molar-refractivity contribution in [3.63, 3.8) is 0 Å². The van der Waals surface area contributed by atoms with Crippen molar-refractivity contribution < 1.29 is 4.79 Å². The lowest BCUT2D eigenvalue weighted by atomic mass is 10.2. The number of fused-ring (bicyclic) bond motifs is 1. The number of hydrogen-bond acceptors (Lipinski definition) is 3. The quantitative estimate of drug-likeness (QED) is 0.890. The van der Waals surface area contributed by atoms with E-state index in [4.69, 9.17) is 0 Å². The first-order chi connectivity index (χ1) is 10.2. The highest BCUT2D eigenvalue weighted by Crippen LogP contribution is 2.32. The molecule has 21 heavy (non-hydrogen) atoms. The molecule has 4 nitrogen and oxygen atoms in total. The predicted molar refractivity (Wildman–Crippen MR) is 88.0 cm³/mol. The largest absolute Gasteiger partial charge is 0.351 e. The summed E-state index contributed by atoms with van der Waals surface area (Å²) in [5.41, 5.74) is 3.21. The summed E-state index contributed by atoms with van der Waals surface area (Å²) in [6.45, 7) is 8.36. The van der Waals surface area contributed by atoms with Gasteiger partial charge in [-0.3, -0.25) is 9.69 Å². The van der Waals surface area contributed by atoms with Gasteiger partial charge in [0.05, 0.1) is 10.2 Å². The SMILES string of the molecule is CCCNC(=O)c1cc2sc(C)c(CN3CCCC3)c2[nH]1. The van der Waals surface area contributed by atoms with Crippen LogP contribution >= 0.6 is 11.3 Å². The number of rotatable bonds is 5. The number of thiophene rings is 1. The average Bonchev–Trinajstić information content (AvgIpc) is 3.15. The van der Waals surface area contributed by atoms with Crippen LogP contribution in [0.25, 0.3) is 10.2 Å². The second kappa shape index (κ2) is 6.20. The Morgan fingerprint density at radius 2 is 2.19 bits per heavy atom. The summed E-state index contributed by atoms with van der Waals surface area (Å²) in [7, 11) is 0. The van der Waals surface area contributed by atoms with Crippen LogP contribution in [0, 0.1) is 6.92 Å². The van der Waals surface area contributed by atoms with Crippen LogP contribution < -0.4 is 5.32 Å². The molecule has 3 rings (SSSR count). The minimum atomic E-state index is 0.00465. The molecule has 1 fully saturated rings. The van der Waals surface area contributed by atoms with E-state index in [2.05, 4.69) is 29.0 Å². The van der Waals surface area contributed by atoms with E-state index in [-0.39, 0.29) is 5.91 Å². The van der Waals surface area contributed by atoms with Crippen LogP contribution in [0.5, 0.6) is 0 Å². The molecule has 2 N–H and O–H groups in total. The number of H-pyrrole nitrogens is 1. The molecule has 1 saturated heterocycles. The van der Waals surface area contributed by atoms with Gasteiger partial charge in [0.25, 0.3) is 5.91 Å². The van der Waals surface area contributed by atoms with Crippen molar-refractivity contribution in [1.29, 1.82) is 0 Å². The molecule has 2 aromatic rings. The van der Waals surface area contributed by atoms with Crippen LogP contribution in [0.2, 0.25) is 0 Å². The Morgan fingerprint density at radius 1 is 1.43 bits per heavy atom. The molecule has 1 aliphatic heterocycles. The van der Waals surface area contributed by atoms with E-state index in [1.807, 2.05) is 6.07 Å². The van der Waals surface area contributed by atoms with Crippen molar-refractivity contribution in [1.82, 2.24) is 15.2 Å². The number of amides is 1. The molecular formula is C16H23N3OS. The fraction of sp³-hybridized carbons (Fsp3) is 0.562. The molecule has 5 heteroatoms.